The average molecular weight is 282 g/mol. The summed E-state index contributed by atoms with van der Waals surface area (Å²) in [5.74, 6) is -1.36. The molecule has 2 rings (SSSR count). The van der Waals surface area contributed by atoms with Crippen molar-refractivity contribution in [2.75, 3.05) is 0 Å². The third-order valence-corrected chi connectivity index (χ3v) is 3.80. The summed E-state index contributed by atoms with van der Waals surface area (Å²) in [7, 11) is 0. The van der Waals surface area contributed by atoms with E-state index in [0.29, 0.717) is 31.4 Å². The van der Waals surface area contributed by atoms with Crippen LogP contribution in [0.4, 0.5) is 0 Å². The fourth-order valence-electron chi connectivity index (χ4n) is 2.81. The van der Waals surface area contributed by atoms with Gasteiger partial charge in [0, 0.05) is 11.8 Å². The van der Waals surface area contributed by atoms with E-state index >= 15 is 0 Å². The van der Waals surface area contributed by atoms with E-state index < -0.39 is 23.1 Å². The molecule has 1 aromatic heterocycles. The van der Waals surface area contributed by atoms with Crippen LogP contribution in [0.15, 0.2) is 12.4 Å². The maximum absolute atomic E-state index is 11.1. The number of nitrogens with zero attached hydrogens (tertiary/aromatic N) is 2. The summed E-state index contributed by atoms with van der Waals surface area (Å²) in [6, 6.07) is 0. The Hall–Kier alpha value is -1.40. The van der Waals surface area contributed by atoms with Crippen molar-refractivity contribution in [3.05, 3.63) is 18.0 Å². The molecule has 0 amide bonds. The highest BCUT2D eigenvalue weighted by atomic mass is 16.4. The van der Waals surface area contributed by atoms with Crippen LogP contribution in [-0.4, -0.2) is 36.7 Å². The summed E-state index contributed by atoms with van der Waals surface area (Å²) < 4.78 is 1.58. The van der Waals surface area contributed by atoms with Crippen molar-refractivity contribution in [1.82, 2.24) is 9.78 Å². The third-order valence-electron chi connectivity index (χ3n) is 3.80. The molecule has 0 radical (unpaired) electrons. The van der Waals surface area contributed by atoms with Gasteiger partial charge in [0.2, 0.25) is 0 Å². The third kappa shape index (κ3) is 3.37. The highest BCUT2D eigenvalue weighted by molar-refractivity contribution is 5.70. The molecule has 1 heterocycles. The van der Waals surface area contributed by atoms with Gasteiger partial charge in [0.25, 0.3) is 0 Å². The van der Waals surface area contributed by atoms with Crippen LogP contribution in [0.1, 0.15) is 45.1 Å². The van der Waals surface area contributed by atoms with Crippen LogP contribution in [0.5, 0.6) is 0 Å². The number of aromatic nitrogens is 2. The zero-order valence-electron chi connectivity index (χ0n) is 11.9. The fraction of sp³-hybridized carbons (Fsp3) is 0.714. The SMILES string of the molecule is CC(C)(O)Cn1cc([C@]2(O)CCC[C@H](C(=O)O)C2)cn1. The molecule has 0 unspecified atom stereocenters. The lowest BCUT2D eigenvalue weighted by Crippen LogP contribution is -2.35. The lowest BCUT2D eigenvalue weighted by molar-refractivity contribution is -0.147. The van der Waals surface area contributed by atoms with Crippen LogP contribution in [0.2, 0.25) is 0 Å². The van der Waals surface area contributed by atoms with Crippen LogP contribution >= 0.6 is 0 Å². The van der Waals surface area contributed by atoms with Gasteiger partial charge in [-0.15, -0.1) is 0 Å². The Bertz CT molecular complexity index is 492. The summed E-state index contributed by atoms with van der Waals surface area (Å²) in [6.07, 6.45) is 5.32. The van der Waals surface area contributed by atoms with Crippen molar-refractivity contribution < 1.29 is 20.1 Å². The number of aliphatic hydroxyl groups is 2. The molecule has 1 aliphatic rings. The Labute approximate surface area is 118 Å². The van der Waals surface area contributed by atoms with E-state index in [1.54, 1.807) is 30.9 Å². The zero-order valence-corrected chi connectivity index (χ0v) is 11.9. The van der Waals surface area contributed by atoms with E-state index in [4.69, 9.17) is 5.11 Å². The van der Waals surface area contributed by atoms with Gasteiger partial charge in [-0.2, -0.15) is 5.10 Å². The second kappa shape index (κ2) is 5.18. The maximum Gasteiger partial charge on any atom is 0.306 e. The Kier molecular flexibility index (Phi) is 3.88. The Morgan fingerprint density at radius 3 is 2.90 bits per heavy atom. The molecule has 1 aromatic rings. The maximum atomic E-state index is 11.1. The number of carboxylic acid groups (broad SMARTS) is 1. The first kappa shape index (κ1) is 15.0. The molecule has 6 heteroatoms. The topological polar surface area (TPSA) is 95.6 Å². The molecular formula is C14H22N2O4. The van der Waals surface area contributed by atoms with Gasteiger partial charge in [0.05, 0.1) is 29.9 Å². The Morgan fingerprint density at radius 2 is 2.30 bits per heavy atom. The summed E-state index contributed by atoms with van der Waals surface area (Å²) in [6.45, 7) is 3.69. The second-order valence-corrected chi connectivity index (χ2v) is 6.40. The van der Waals surface area contributed by atoms with Gasteiger partial charge in [-0.05, 0) is 39.5 Å². The number of carboxylic acids is 1. The summed E-state index contributed by atoms with van der Waals surface area (Å²) in [5.41, 5.74) is -1.38. The van der Waals surface area contributed by atoms with Gasteiger partial charge < -0.3 is 15.3 Å². The number of aliphatic carboxylic acids is 1. The van der Waals surface area contributed by atoms with Crippen LogP contribution < -0.4 is 0 Å². The minimum atomic E-state index is -1.13. The van der Waals surface area contributed by atoms with Crippen LogP contribution in [0, 0.1) is 5.92 Å². The molecule has 6 nitrogen and oxygen atoms in total. The van der Waals surface area contributed by atoms with Crippen LogP contribution in [0.25, 0.3) is 0 Å². The van der Waals surface area contributed by atoms with Crippen molar-refractivity contribution in [2.45, 2.75) is 57.3 Å². The van der Waals surface area contributed by atoms with Crippen molar-refractivity contribution in [1.29, 1.82) is 0 Å². The van der Waals surface area contributed by atoms with Crippen molar-refractivity contribution in [2.24, 2.45) is 5.92 Å². The minimum absolute atomic E-state index is 0.219. The van der Waals surface area contributed by atoms with E-state index in [0.717, 1.165) is 0 Å². The summed E-state index contributed by atoms with van der Waals surface area (Å²) in [4.78, 5) is 11.1. The van der Waals surface area contributed by atoms with Gasteiger partial charge in [-0.25, -0.2) is 0 Å². The Morgan fingerprint density at radius 1 is 1.60 bits per heavy atom. The largest absolute Gasteiger partial charge is 0.481 e. The average Bonchev–Trinajstić information content (AvgIpc) is 2.75. The number of hydrogen-bond acceptors (Lipinski definition) is 4. The molecule has 0 bridgehead atoms. The lowest BCUT2D eigenvalue weighted by atomic mass is 9.75. The van der Waals surface area contributed by atoms with Gasteiger partial charge in [-0.3, -0.25) is 9.48 Å². The normalized spacial score (nSPS) is 27.5. The molecule has 2 atom stereocenters. The monoisotopic (exact) mass is 282 g/mol. The number of carbonyl (C=O) groups is 1. The molecule has 0 saturated heterocycles. The summed E-state index contributed by atoms with van der Waals surface area (Å²) in [5, 5.41) is 33.7. The van der Waals surface area contributed by atoms with Gasteiger partial charge >= 0.3 is 5.97 Å². The van der Waals surface area contributed by atoms with E-state index in [-0.39, 0.29) is 6.42 Å². The molecule has 0 aliphatic heterocycles. The molecule has 1 saturated carbocycles. The smallest absolute Gasteiger partial charge is 0.306 e. The predicted octanol–water partition coefficient (Wildman–Crippen LogP) is 1.12. The molecule has 0 aromatic carbocycles. The van der Waals surface area contributed by atoms with E-state index in [2.05, 4.69) is 5.10 Å². The summed E-state index contributed by atoms with van der Waals surface area (Å²) >= 11 is 0. The quantitative estimate of drug-likeness (QED) is 0.769. The van der Waals surface area contributed by atoms with Gasteiger partial charge in [0.1, 0.15) is 0 Å². The molecule has 1 fully saturated rings. The highest BCUT2D eigenvalue weighted by Crippen LogP contribution is 2.39. The first-order chi connectivity index (χ1) is 9.20. The van der Waals surface area contributed by atoms with Crippen LogP contribution in [0.3, 0.4) is 0 Å². The van der Waals surface area contributed by atoms with Crippen LogP contribution in [-0.2, 0) is 16.9 Å². The van der Waals surface area contributed by atoms with E-state index in [9.17, 15) is 15.0 Å². The van der Waals surface area contributed by atoms with Crippen molar-refractivity contribution >= 4 is 5.97 Å². The first-order valence-electron chi connectivity index (χ1n) is 6.90. The fourth-order valence-corrected chi connectivity index (χ4v) is 2.81. The highest BCUT2D eigenvalue weighted by Gasteiger charge is 2.39. The number of rotatable bonds is 4. The standard InChI is InChI=1S/C14H22N2O4/c1-13(2,19)9-16-8-11(7-15-16)14(20)5-3-4-10(6-14)12(17)18/h7-8,10,19-20H,3-6,9H2,1-2H3,(H,17,18)/t10-,14-/m0/s1. The van der Waals surface area contributed by atoms with Crippen molar-refractivity contribution in [3.63, 3.8) is 0 Å². The van der Waals surface area contributed by atoms with E-state index in [1.807, 2.05) is 0 Å². The predicted molar refractivity (Wildman–Crippen MR) is 72.0 cm³/mol. The van der Waals surface area contributed by atoms with Crippen molar-refractivity contribution in [3.8, 4) is 0 Å². The lowest BCUT2D eigenvalue weighted by Gasteiger charge is -2.34. The first-order valence-corrected chi connectivity index (χ1v) is 6.90. The molecule has 0 spiro atoms. The van der Waals surface area contributed by atoms with Gasteiger partial charge in [-0.1, -0.05) is 0 Å². The molecule has 20 heavy (non-hydrogen) atoms. The molecule has 1 aliphatic carbocycles. The number of hydrogen-bond donors (Lipinski definition) is 3. The molecular weight excluding hydrogens is 260 g/mol. The van der Waals surface area contributed by atoms with E-state index in [1.165, 1.54) is 0 Å². The Balaban J connectivity index is 2.15. The minimum Gasteiger partial charge on any atom is -0.481 e. The second-order valence-electron chi connectivity index (χ2n) is 6.40. The molecule has 3 N–H and O–H groups in total. The zero-order chi connectivity index (χ0) is 15.0. The molecule has 112 valence electrons. The van der Waals surface area contributed by atoms with Gasteiger partial charge in [0.15, 0.2) is 0 Å².